The summed E-state index contributed by atoms with van der Waals surface area (Å²) in [5.41, 5.74) is 0.910. The predicted molar refractivity (Wildman–Crippen MR) is 84.5 cm³/mol. The molecule has 2 heterocycles. The third-order valence-electron chi connectivity index (χ3n) is 2.79. The Balaban J connectivity index is 1.76. The smallest absolute Gasteiger partial charge is 0.275 e. The Morgan fingerprint density at radius 1 is 1.19 bits per heavy atom. The first-order valence-electron chi connectivity index (χ1n) is 6.21. The molecular formula is C15H11FN2OS2. The molecule has 0 saturated carbocycles. The molecule has 3 rings (SSSR count). The highest BCUT2D eigenvalue weighted by Crippen LogP contribution is 2.30. The van der Waals surface area contributed by atoms with E-state index in [9.17, 15) is 9.18 Å². The fourth-order valence-corrected chi connectivity index (χ4v) is 3.51. The molecule has 0 saturated heterocycles. The highest BCUT2D eigenvalue weighted by atomic mass is 32.1. The first-order chi connectivity index (χ1) is 10.1. The number of carbonyl (C=O) groups excluding carboxylic acids is 1. The Morgan fingerprint density at radius 3 is 2.62 bits per heavy atom. The van der Waals surface area contributed by atoms with E-state index in [4.69, 9.17) is 0 Å². The van der Waals surface area contributed by atoms with Crippen molar-refractivity contribution in [1.82, 2.24) is 4.98 Å². The van der Waals surface area contributed by atoms with Crippen molar-refractivity contribution in [1.29, 1.82) is 0 Å². The second-order valence-electron chi connectivity index (χ2n) is 4.41. The van der Waals surface area contributed by atoms with Gasteiger partial charge in [-0.25, -0.2) is 9.37 Å². The number of hydrogen-bond acceptors (Lipinski definition) is 4. The molecule has 2 aromatic heterocycles. The van der Waals surface area contributed by atoms with Crippen LogP contribution in [0.2, 0.25) is 0 Å². The largest absolute Gasteiger partial charge is 0.321 e. The normalized spacial score (nSPS) is 10.6. The molecule has 3 aromatic rings. The van der Waals surface area contributed by atoms with Crippen molar-refractivity contribution in [2.24, 2.45) is 0 Å². The second-order valence-corrected chi connectivity index (χ2v) is 6.56. The van der Waals surface area contributed by atoms with E-state index in [2.05, 4.69) is 10.3 Å². The van der Waals surface area contributed by atoms with Crippen molar-refractivity contribution in [3.63, 3.8) is 0 Å². The van der Waals surface area contributed by atoms with Crippen molar-refractivity contribution >= 4 is 34.3 Å². The van der Waals surface area contributed by atoms with E-state index in [0.29, 0.717) is 11.4 Å². The van der Waals surface area contributed by atoms with Gasteiger partial charge in [-0.1, -0.05) is 0 Å². The zero-order valence-corrected chi connectivity index (χ0v) is 12.7. The summed E-state index contributed by atoms with van der Waals surface area (Å²) in [6, 6.07) is 9.67. The van der Waals surface area contributed by atoms with E-state index in [-0.39, 0.29) is 11.7 Å². The summed E-state index contributed by atoms with van der Waals surface area (Å²) in [5, 5.41) is 5.25. The van der Waals surface area contributed by atoms with Gasteiger partial charge in [0.05, 0.1) is 4.88 Å². The molecule has 0 bridgehead atoms. The Morgan fingerprint density at radius 2 is 1.95 bits per heavy atom. The Labute approximate surface area is 129 Å². The molecule has 0 aliphatic rings. The first kappa shape index (κ1) is 13.9. The lowest BCUT2D eigenvalue weighted by atomic mass is 10.3. The van der Waals surface area contributed by atoms with Gasteiger partial charge in [-0.2, -0.15) is 0 Å². The lowest BCUT2D eigenvalue weighted by molar-refractivity contribution is 0.102. The number of nitrogens with zero attached hydrogens (tertiary/aromatic N) is 1. The maximum absolute atomic E-state index is 12.8. The van der Waals surface area contributed by atoms with Gasteiger partial charge >= 0.3 is 0 Å². The van der Waals surface area contributed by atoms with Gasteiger partial charge in [0.25, 0.3) is 5.91 Å². The molecule has 3 nitrogen and oxygen atoms in total. The zero-order valence-electron chi connectivity index (χ0n) is 11.1. The summed E-state index contributed by atoms with van der Waals surface area (Å²) in [5.74, 6) is -0.630. The number of aryl methyl sites for hydroxylation is 1. The summed E-state index contributed by atoms with van der Waals surface area (Å²) < 4.78 is 12.8. The molecule has 0 radical (unpaired) electrons. The summed E-state index contributed by atoms with van der Waals surface area (Å²) in [4.78, 5) is 18.7. The van der Waals surface area contributed by atoms with Crippen LogP contribution >= 0.6 is 22.7 Å². The SMILES string of the molecule is Cc1ccc(-c2nc(C(=O)Nc3ccc(F)cc3)cs2)s1. The van der Waals surface area contributed by atoms with E-state index in [1.54, 1.807) is 16.7 Å². The fraction of sp³-hybridized carbons (Fsp3) is 0.0667. The van der Waals surface area contributed by atoms with E-state index in [1.165, 1.54) is 40.5 Å². The minimum absolute atomic E-state index is 0.294. The Kier molecular flexibility index (Phi) is 3.81. The molecule has 0 aliphatic carbocycles. The van der Waals surface area contributed by atoms with Crippen LogP contribution in [0.15, 0.2) is 41.8 Å². The third-order valence-corrected chi connectivity index (χ3v) is 4.80. The number of nitrogens with one attached hydrogen (secondary N) is 1. The molecule has 0 unspecified atom stereocenters. The van der Waals surface area contributed by atoms with Crippen molar-refractivity contribution in [3.05, 3.63) is 58.2 Å². The van der Waals surface area contributed by atoms with Gasteiger partial charge in [0.15, 0.2) is 0 Å². The maximum Gasteiger partial charge on any atom is 0.275 e. The number of halogens is 1. The van der Waals surface area contributed by atoms with E-state index in [1.807, 2.05) is 19.1 Å². The summed E-state index contributed by atoms with van der Waals surface area (Å²) in [6.07, 6.45) is 0. The number of hydrogen-bond donors (Lipinski definition) is 1. The maximum atomic E-state index is 12.8. The molecule has 0 atom stereocenters. The number of aromatic nitrogens is 1. The third kappa shape index (κ3) is 3.17. The number of anilines is 1. The van der Waals surface area contributed by atoms with Crippen LogP contribution < -0.4 is 5.32 Å². The number of amides is 1. The molecule has 6 heteroatoms. The van der Waals surface area contributed by atoms with Crippen LogP contribution in [0.3, 0.4) is 0 Å². The van der Waals surface area contributed by atoms with E-state index in [0.717, 1.165) is 9.88 Å². The molecule has 1 amide bonds. The quantitative estimate of drug-likeness (QED) is 0.768. The van der Waals surface area contributed by atoms with E-state index >= 15 is 0 Å². The monoisotopic (exact) mass is 318 g/mol. The van der Waals surface area contributed by atoms with Crippen LogP contribution in [0.25, 0.3) is 9.88 Å². The molecule has 0 spiro atoms. The van der Waals surface area contributed by atoms with Gasteiger partial charge in [0.2, 0.25) is 0 Å². The lowest BCUT2D eigenvalue weighted by Crippen LogP contribution is -2.12. The van der Waals surface area contributed by atoms with Crippen LogP contribution in [0.4, 0.5) is 10.1 Å². The summed E-state index contributed by atoms with van der Waals surface area (Å²) in [6.45, 7) is 2.03. The summed E-state index contributed by atoms with van der Waals surface area (Å²) >= 11 is 3.08. The molecule has 21 heavy (non-hydrogen) atoms. The van der Waals surface area contributed by atoms with Gasteiger partial charge < -0.3 is 5.32 Å². The van der Waals surface area contributed by atoms with Crippen molar-refractivity contribution < 1.29 is 9.18 Å². The van der Waals surface area contributed by atoms with Crippen molar-refractivity contribution in [2.45, 2.75) is 6.92 Å². The van der Waals surface area contributed by atoms with Crippen molar-refractivity contribution in [3.8, 4) is 9.88 Å². The highest BCUT2D eigenvalue weighted by Gasteiger charge is 2.13. The number of thiophene rings is 1. The molecule has 106 valence electrons. The predicted octanol–water partition coefficient (Wildman–Crippen LogP) is 4.57. The van der Waals surface area contributed by atoms with Crippen LogP contribution in [-0.2, 0) is 0 Å². The topological polar surface area (TPSA) is 42.0 Å². The molecule has 1 aromatic carbocycles. The Bertz CT molecular complexity index is 777. The molecule has 0 fully saturated rings. The van der Waals surface area contributed by atoms with Crippen LogP contribution in [0.5, 0.6) is 0 Å². The highest BCUT2D eigenvalue weighted by molar-refractivity contribution is 7.21. The van der Waals surface area contributed by atoms with Gasteiger partial charge in [0, 0.05) is 15.9 Å². The minimum Gasteiger partial charge on any atom is -0.321 e. The number of rotatable bonds is 3. The van der Waals surface area contributed by atoms with Gasteiger partial charge in [-0.05, 0) is 43.3 Å². The second kappa shape index (κ2) is 5.75. The lowest BCUT2D eigenvalue weighted by Gasteiger charge is -2.02. The van der Waals surface area contributed by atoms with Crippen LogP contribution in [0.1, 0.15) is 15.4 Å². The van der Waals surface area contributed by atoms with Gasteiger partial charge in [-0.15, -0.1) is 22.7 Å². The minimum atomic E-state index is -0.336. The average molecular weight is 318 g/mol. The average Bonchev–Trinajstić information content (AvgIpc) is 3.10. The zero-order chi connectivity index (χ0) is 14.8. The van der Waals surface area contributed by atoms with Crippen LogP contribution in [0, 0.1) is 12.7 Å². The summed E-state index contributed by atoms with van der Waals surface area (Å²) in [7, 11) is 0. The first-order valence-corrected chi connectivity index (χ1v) is 7.91. The number of benzene rings is 1. The fourth-order valence-electron chi connectivity index (χ4n) is 1.77. The van der Waals surface area contributed by atoms with E-state index < -0.39 is 0 Å². The number of carbonyl (C=O) groups is 1. The molecular weight excluding hydrogens is 307 g/mol. The molecule has 0 aliphatic heterocycles. The number of thiazole rings is 1. The van der Waals surface area contributed by atoms with Crippen LogP contribution in [-0.4, -0.2) is 10.9 Å². The standard InChI is InChI=1S/C15H11FN2OS2/c1-9-2-7-13(21-9)15-18-12(8-20-15)14(19)17-11-5-3-10(16)4-6-11/h2-8H,1H3,(H,17,19). The Hall–Kier alpha value is -2.05. The van der Waals surface area contributed by atoms with Gasteiger partial charge in [-0.3, -0.25) is 4.79 Å². The molecule has 1 N–H and O–H groups in total. The van der Waals surface area contributed by atoms with Crippen molar-refractivity contribution in [2.75, 3.05) is 5.32 Å². The van der Waals surface area contributed by atoms with Gasteiger partial charge in [0.1, 0.15) is 16.5 Å².